The Morgan fingerprint density at radius 2 is 1.92 bits per heavy atom. The van der Waals surface area contributed by atoms with Gasteiger partial charge in [-0.1, -0.05) is 20.8 Å². The van der Waals surface area contributed by atoms with Gasteiger partial charge in [-0.3, -0.25) is 4.90 Å². The van der Waals surface area contributed by atoms with Crippen molar-refractivity contribution in [3.63, 3.8) is 0 Å². The first kappa shape index (κ1) is 11.9. The highest BCUT2D eigenvalue weighted by Gasteiger charge is 2.25. The van der Waals surface area contributed by atoms with Crippen LogP contribution in [-0.2, 0) is 0 Å². The molecule has 2 heteroatoms. The van der Waals surface area contributed by atoms with Crippen molar-refractivity contribution in [3.8, 4) is 0 Å². The van der Waals surface area contributed by atoms with Crippen LogP contribution in [0.4, 0.5) is 0 Å². The summed E-state index contributed by atoms with van der Waals surface area (Å²) in [7, 11) is 2.16. The molecule has 0 saturated carbocycles. The average Bonchev–Trinajstić information content (AvgIpc) is 2.02. The van der Waals surface area contributed by atoms with Gasteiger partial charge in [-0.05, 0) is 26.3 Å². The van der Waals surface area contributed by atoms with Crippen molar-refractivity contribution in [3.05, 3.63) is 0 Å². The van der Waals surface area contributed by atoms with Gasteiger partial charge in [-0.25, -0.2) is 0 Å². The van der Waals surface area contributed by atoms with Crippen LogP contribution in [0.25, 0.3) is 0 Å². The maximum atomic E-state index is 5.75. The van der Waals surface area contributed by atoms with Crippen LogP contribution in [0, 0.1) is 5.92 Å². The highest BCUT2D eigenvalue weighted by molar-refractivity contribution is 4.84. The topological polar surface area (TPSA) is 29.3 Å². The second-order valence-corrected chi connectivity index (χ2v) is 4.33. The van der Waals surface area contributed by atoms with Crippen molar-refractivity contribution in [2.75, 3.05) is 20.1 Å². The molecule has 1 unspecified atom stereocenters. The minimum atomic E-state index is 0.185. The molecule has 0 aliphatic heterocycles. The molecule has 0 saturated heterocycles. The second kappa shape index (κ2) is 4.83. The van der Waals surface area contributed by atoms with E-state index >= 15 is 0 Å². The van der Waals surface area contributed by atoms with Crippen LogP contribution >= 0.6 is 0 Å². The normalized spacial score (nSPS) is 17.0. The summed E-state index contributed by atoms with van der Waals surface area (Å²) in [5.74, 6) is 0.715. The van der Waals surface area contributed by atoms with E-state index in [1.54, 1.807) is 0 Å². The smallest absolute Gasteiger partial charge is 0.0298 e. The van der Waals surface area contributed by atoms with Gasteiger partial charge in [0.25, 0.3) is 0 Å². The largest absolute Gasteiger partial charge is 0.329 e. The number of hydrogen-bond acceptors (Lipinski definition) is 2. The van der Waals surface area contributed by atoms with E-state index in [9.17, 15) is 0 Å². The maximum absolute atomic E-state index is 5.75. The highest BCUT2D eigenvalue weighted by Crippen LogP contribution is 2.16. The first-order chi connectivity index (χ1) is 5.46. The van der Waals surface area contributed by atoms with Gasteiger partial charge >= 0.3 is 0 Å². The summed E-state index contributed by atoms with van der Waals surface area (Å²) in [6, 6.07) is 0. The minimum Gasteiger partial charge on any atom is -0.329 e. The van der Waals surface area contributed by atoms with Crippen LogP contribution in [-0.4, -0.2) is 30.6 Å². The molecular formula is C10H24N2. The zero-order chi connectivity index (χ0) is 9.78. The first-order valence-corrected chi connectivity index (χ1v) is 4.87. The Morgan fingerprint density at radius 3 is 2.17 bits per heavy atom. The Balaban J connectivity index is 4.11. The molecule has 0 aromatic heterocycles. The van der Waals surface area contributed by atoms with Crippen molar-refractivity contribution in [1.82, 2.24) is 4.90 Å². The van der Waals surface area contributed by atoms with Crippen molar-refractivity contribution >= 4 is 0 Å². The molecule has 0 aromatic rings. The Morgan fingerprint density at radius 1 is 1.42 bits per heavy atom. The summed E-state index contributed by atoms with van der Waals surface area (Å²) < 4.78 is 0. The van der Waals surface area contributed by atoms with E-state index in [4.69, 9.17) is 5.73 Å². The zero-order valence-electron chi connectivity index (χ0n) is 9.22. The maximum Gasteiger partial charge on any atom is 0.0298 e. The van der Waals surface area contributed by atoms with Gasteiger partial charge in [0, 0.05) is 18.6 Å². The quantitative estimate of drug-likeness (QED) is 0.684. The van der Waals surface area contributed by atoms with Crippen LogP contribution in [0.3, 0.4) is 0 Å². The molecule has 2 nitrogen and oxygen atoms in total. The van der Waals surface area contributed by atoms with E-state index in [2.05, 4.69) is 39.6 Å². The Labute approximate surface area is 77.1 Å². The number of rotatable bonds is 5. The van der Waals surface area contributed by atoms with E-state index in [0.29, 0.717) is 5.92 Å². The lowest BCUT2D eigenvalue weighted by atomic mass is 9.96. The third-order valence-electron chi connectivity index (χ3n) is 2.76. The van der Waals surface area contributed by atoms with Crippen LogP contribution in [0.1, 0.15) is 34.1 Å². The molecule has 0 spiro atoms. The monoisotopic (exact) mass is 172 g/mol. The fourth-order valence-electron chi connectivity index (χ4n) is 1.34. The molecule has 74 valence electrons. The number of nitrogens with zero attached hydrogens (tertiary/aromatic N) is 1. The second-order valence-electron chi connectivity index (χ2n) is 4.33. The molecule has 12 heavy (non-hydrogen) atoms. The molecule has 0 aliphatic rings. The third-order valence-corrected chi connectivity index (χ3v) is 2.76. The average molecular weight is 172 g/mol. The number of hydrogen-bond donors (Lipinski definition) is 1. The van der Waals surface area contributed by atoms with Crippen LogP contribution in [0.5, 0.6) is 0 Å². The van der Waals surface area contributed by atoms with Gasteiger partial charge in [-0.2, -0.15) is 0 Å². The molecule has 0 aliphatic carbocycles. The molecule has 0 heterocycles. The van der Waals surface area contributed by atoms with Crippen LogP contribution < -0.4 is 5.73 Å². The van der Waals surface area contributed by atoms with E-state index in [1.807, 2.05) is 0 Å². The predicted octanol–water partition coefficient (Wildman–Crippen LogP) is 1.70. The van der Waals surface area contributed by atoms with Crippen molar-refractivity contribution in [2.45, 2.75) is 39.7 Å². The summed E-state index contributed by atoms with van der Waals surface area (Å²) in [6.45, 7) is 10.8. The van der Waals surface area contributed by atoms with Gasteiger partial charge < -0.3 is 5.73 Å². The Hall–Kier alpha value is -0.0800. The Bertz CT molecular complexity index is 117. The molecule has 1 atom stereocenters. The lowest BCUT2D eigenvalue weighted by molar-refractivity contribution is 0.124. The predicted molar refractivity (Wildman–Crippen MR) is 55.2 cm³/mol. The number of likely N-dealkylation sites (N-methyl/N-ethyl adjacent to an activating group) is 1. The van der Waals surface area contributed by atoms with Gasteiger partial charge in [0.2, 0.25) is 0 Å². The van der Waals surface area contributed by atoms with Gasteiger partial charge in [0.05, 0.1) is 0 Å². The van der Waals surface area contributed by atoms with Gasteiger partial charge in [-0.15, -0.1) is 0 Å². The molecule has 0 fully saturated rings. The van der Waals surface area contributed by atoms with E-state index < -0.39 is 0 Å². The summed E-state index contributed by atoms with van der Waals surface area (Å²) in [6.07, 6.45) is 1.12. The molecule has 0 rings (SSSR count). The minimum absolute atomic E-state index is 0.185. The summed E-state index contributed by atoms with van der Waals surface area (Å²) in [5, 5.41) is 0. The van der Waals surface area contributed by atoms with Gasteiger partial charge in [0.1, 0.15) is 0 Å². The highest BCUT2D eigenvalue weighted by atomic mass is 15.2. The fraction of sp³-hybridized carbons (Fsp3) is 1.00. The van der Waals surface area contributed by atoms with Crippen LogP contribution in [0.2, 0.25) is 0 Å². The Kier molecular flexibility index (Phi) is 4.80. The summed E-state index contributed by atoms with van der Waals surface area (Å²) >= 11 is 0. The lowest BCUT2D eigenvalue weighted by Crippen LogP contribution is -2.50. The summed E-state index contributed by atoms with van der Waals surface area (Å²) in [4.78, 5) is 2.37. The SMILES string of the molecule is CCC(C)(CN)N(C)CC(C)C. The van der Waals surface area contributed by atoms with E-state index in [1.165, 1.54) is 0 Å². The molecule has 0 bridgehead atoms. The first-order valence-electron chi connectivity index (χ1n) is 4.87. The molecule has 2 N–H and O–H groups in total. The fourth-order valence-corrected chi connectivity index (χ4v) is 1.34. The summed E-state index contributed by atoms with van der Waals surface area (Å²) in [5.41, 5.74) is 5.94. The molecule has 0 aromatic carbocycles. The zero-order valence-corrected chi connectivity index (χ0v) is 9.22. The lowest BCUT2D eigenvalue weighted by Gasteiger charge is -2.38. The van der Waals surface area contributed by atoms with Crippen molar-refractivity contribution in [2.24, 2.45) is 11.7 Å². The van der Waals surface area contributed by atoms with Crippen molar-refractivity contribution in [1.29, 1.82) is 0 Å². The van der Waals surface area contributed by atoms with E-state index in [-0.39, 0.29) is 5.54 Å². The standard InChI is InChI=1S/C10H24N2/c1-6-10(4,8-11)12(5)7-9(2)3/h9H,6-8,11H2,1-5H3. The number of nitrogens with two attached hydrogens (primary N) is 1. The van der Waals surface area contributed by atoms with E-state index in [0.717, 1.165) is 19.5 Å². The van der Waals surface area contributed by atoms with Crippen molar-refractivity contribution < 1.29 is 0 Å². The van der Waals surface area contributed by atoms with Crippen LogP contribution in [0.15, 0.2) is 0 Å². The molecule has 0 amide bonds. The van der Waals surface area contributed by atoms with Gasteiger partial charge in [0.15, 0.2) is 0 Å². The molecular weight excluding hydrogens is 148 g/mol. The third kappa shape index (κ3) is 3.11. The molecule has 0 radical (unpaired) electrons.